The number of carbonyl (C=O) groups excluding carboxylic acids is 2. The van der Waals surface area contributed by atoms with Gasteiger partial charge >= 0.3 is 6.09 Å². The zero-order chi connectivity index (χ0) is 20.1. The number of likely N-dealkylation sites (tertiary alicyclic amines) is 1. The van der Waals surface area contributed by atoms with Crippen LogP contribution in [0.15, 0.2) is 11.3 Å². The summed E-state index contributed by atoms with van der Waals surface area (Å²) in [5, 5.41) is 12.9. The largest absolute Gasteiger partial charge is 0.444 e. The van der Waals surface area contributed by atoms with E-state index in [4.69, 9.17) is 10.5 Å². The van der Waals surface area contributed by atoms with Crippen molar-refractivity contribution in [2.75, 3.05) is 13.1 Å². The summed E-state index contributed by atoms with van der Waals surface area (Å²) in [5.74, 6) is -0.369. The summed E-state index contributed by atoms with van der Waals surface area (Å²) in [6, 6.07) is 2.26. The maximum atomic E-state index is 12.8. The van der Waals surface area contributed by atoms with Crippen LogP contribution in [-0.4, -0.2) is 41.1 Å². The molecule has 4 aliphatic rings. The van der Waals surface area contributed by atoms with Gasteiger partial charge in [0.2, 0.25) is 5.91 Å². The molecule has 0 aromatic carbocycles. The van der Waals surface area contributed by atoms with Crippen LogP contribution in [0, 0.1) is 35.0 Å². The molecule has 27 heavy (non-hydrogen) atoms. The molecule has 0 aromatic heterocycles. The predicted octanol–water partition coefficient (Wildman–Crippen LogP) is 2.14. The number of nitrogens with two attached hydrogens (primary N) is 1. The van der Waals surface area contributed by atoms with Crippen molar-refractivity contribution in [1.29, 1.82) is 5.26 Å². The molecule has 3 N–H and O–H groups in total. The molecule has 7 nitrogen and oxygen atoms in total. The molecule has 1 spiro atoms. The third kappa shape index (κ3) is 2.95. The van der Waals surface area contributed by atoms with Gasteiger partial charge in [0.1, 0.15) is 5.60 Å². The summed E-state index contributed by atoms with van der Waals surface area (Å²) >= 11 is 0. The second-order valence-electron chi connectivity index (χ2n) is 9.13. The number of piperidine rings is 2. The molecule has 3 aliphatic heterocycles. The monoisotopic (exact) mass is 374 g/mol. The van der Waals surface area contributed by atoms with Gasteiger partial charge in [0, 0.05) is 24.7 Å². The van der Waals surface area contributed by atoms with Crippen LogP contribution in [0.1, 0.15) is 47.5 Å². The van der Waals surface area contributed by atoms with Gasteiger partial charge < -0.3 is 20.7 Å². The Morgan fingerprint density at radius 3 is 2.74 bits per heavy atom. The number of ether oxygens (including phenoxy) is 1. The Labute approximate surface area is 160 Å². The van der Waals surface area contributed by atoms with Crippen molar-refractivity contribution < 1.29 is 14.3 Å². The molecule has 0 radical (unpaired) electrons. The number of fused-ring (bicyclic) bond motifs is 1. The molecule has 0 aromatic rings. The van der Waals surface area contributed by atoms with E-state index in [0.29, 0.717) is 30.8 Å². The topological polar surface area (TPSA) is 108 Å². The van der Waals surface area contributed by atoms with Gasteiger partial charge in [0.25, 0.3) is 0 Å². The molecule has 3 heterocycles. The van der Waals surface area contributed by atoms with Crippen LogP contribution in [0.5, 0.6) is 0 Å². The van der Waals surface area contributed by atoms with E-state index in [2.05, 4.69) is 25.2 Å². The number of amides is 2. The van der Waals surface area contributed by atoms with Crippen molar-refractivity contribution >= 4 is 12.0 Å². The first kappa shape index (κ1) is 19.5. The number of hydrogen-bond donors (Lipinski definition) is 2. The molecule has 7 heteroatoms. The van der Waals surface area contributed by atoms with Crippen molar-refractivity contribution in [3.8, 4) is 6.07 Å². The first-order valence-electron chi connectivity index (χ1n) is 9.76. The molecule has 148 valence electrons. The minimum Gasteiger partial charge on any atom is -0.444 e. The lowest BCUT2D eigenvalue weighted by atomic mass is 9.53. The highest BCUT2D eigenvalue weighted by Crippen LogP contribution is 2.54. The quantitative estimate of drug-likeness (QED) is 0.770. The van der Waals surface area contributed by atoms with Crippen LogP contribution in [0.25, 0.3) is 0 Å². The minimum atomic E-state index is -0.767. The van der Waals surface area contributed by atoms with Crippen LogP contribution >= 0.6 is 0 Å². The lowest BCUT2D eigenvalue weighted by Gasteiger charge is -2.60. The molecule has 4 rings (SSSR count). The molecule has 2 amide bonds. The highest BCUT2D eigenvalue weighted by Gasteiger charge is 2.63. The van der Waals surface area contributed by atoms with Crippen LogP contribution in [-0.2, 0) is 9.53 Å². The van der Waals surface area contributed by atoms with Gasteiger partial charge in [0.15, 0.2) is 0 Å². The SMILES string of the molecule is CCC(C)[C@@H]1[C@H]2C(=O)N[C@]3(CCN(C(=O)OC(C)(C)C)C[C@H]13)C(C#N)=C2N. The number of nitrogens with zero attached hydrogens (tertiary/aromatic N) is 2. The van der Waals surface area contributed by atoms with E-state index in [1.165, 1.54) is 0 Å². The Morgan fingerprint density at radius 2 is 2.19 bits per heavy atom. The average molecular weight is 374 g/mol. The summed E-state index contributed by atoms with van der Waals surface area (Å²) in [5.41, 5.74) is 5.90. The highest BCUT2D eigenvalue weighted by atomic mass is 16.6. The molecular formula is C20H30N4O3. The fraction of sp³-hybridized carbons (Fsp3) is 0.750. The van der Waals surface area contributed by atoms with E-state index in [0.717, 1.165) is 6.42 Å². The van der Waals surface area contributed by atoms with Crippen LogP contribution in [0.4, 0.5) is 4.79 Å². The van der Waals surface area contributed by atoms with E-state index in [9.17, 15) is 14.9 Å². The van der Waals surface area contributed by atoms with E-state index < -0.39 is 17.1 Å². The number of nitrogens with one attached hydrogen (secondary N) is 1. The van der Waals surface area contributed by atoms with E-state index in [-0.39, 0.29) is 29.8 Å². The zero-order valence-electron chi connectivity index (χ0n) is 16.8. The Hall–Kier alpha value is -2.23. The van der Waals surface area contributed by atoms with Gasteiger partial charge in [-0.05, 0) is 39.0 Å². The van der Waals surface area contributed by atoms with Gasteiger partial charge in [-0.15, -0.1) is 0 Å². The lowest BCUT2D eigenvalue weighted by molar-refractivity contribution is -0.140. The first-order valence-corrected chi connectivity index (χ1v) is 9.76. The van der Waals surface area contributed by atoms with Gasteiger partial charge in [-0.2, -0.15) is 5.26 Å². The third-order valence-electron chi connectivity index (χ3n) is 6.44. The third-order valence-corrected chi connectivity index (χ3v) is 6.44. The number of rotatable bonds is 2. The first-order chi connectivity index (χ1) is 12.6. The van der Waals surface area contributed by atoms with Gasteiger partial charge in [-0.25, -0.2) is 4.79 Å². The number of carbonyl (C=O) groups is 2. The van der Waals surface area contributed by atoms with Gasteiger partial charge in [0.05, 0.1) is 23.1 Å². The van der Waals surface area contributed by atoms with Crippen molar-refractivity contribution in [3.05, 3.63) is 11.3 Å². The zero-order valence-corrected chi connectivity index (χ0v) is 16.8. The maximum Gasteiger partial charge on any atom is 0.410 e. The second-order valence-corrected chi connectivity index (χ2v) is 9.13. The average Bonchev–Trinajstić information content (AvgIpc) is 2.57. The molecule has 5 atom stereocenters. The molecule has 0 saturated carbocycles. The van der Waals surface area contributed by atoms with Crippen LogP contribution < -0.4 is 11.1 Å². The normalized spacial score (nSPS) is 33.9. The van der Waals surface area contributed by atoms with E-state index in [1.54, 1.807) is 4.90 Å². The smallest absolute Gasteiger partial charge is 0.410 e. The summed E-state index contributed by atoms with van der Waals surface area (Å²) in [7, 11) is 0. The molecule has 1 aliphatic carbocycles. The van der Waals surface area contributed by atoms with Crippen LogP contribution in [0.3, 0.4) is 0 Å². The second kappa shape index (κ2) is 6.43. The molecule has 1 unspecified atom stereocenters. The molecule has 2 fully saturated rings. The minimum absolute atomic E-state index is 0.00564. The lowest BCUT2D eigenvalue weighted by Crippen LogP contribution is -2.74. The summed E-state index contributed by atoms with van der Waals surface area (Å²) in [6.07, 6.45) is 1.04. The van der Waals surface area contributed by atoms with Crippen LogP contribution in [0.2, 0.25) is 0 Å². The van der Waals surface area contributed by atoms with E-state index in [1.807, 2.05) is 20.8 Å². The van der Waals surface area contributed by atoms with Crippen molar-refractivity contribution in [3.63, 3.8) is 0 Å². The predicted molar refractivity (Wildman–Crippen MR) is 100 cm³/mol. The fourth-order valence-corrected chi connectivity index (χ4v) is 5.08. The van der Waals surface area contributed by atoms with E-state index >= 15 is 0 Å². The van der Waals surface area contributed by atoms with Crippen molar-refractivity contribution in [2.24, 2.45) is 29.4 Å². The molecule has 2 saturated heterocycles. The Bertz CT molecular complexity index is 732. The Balaban J connectivity index is 2.00. The summed E-state index contributed by atoms with van der Waals surface area (Å²) in [4.78, 5) is 27.1. The summed E-state index contributed by atoms with van der Waals surface area (Å²) < 4.78 is 5.55. The van der Waals surface area contributed by atoms with Gasteiger partial charge in [-0.1, -0.05) is 20.3 Å². The molecular weight excluding hydrogens is 344 g/mol. The maximum absolute atomic E-state index is 12.8. The fourth-order valence-electron chi connectivity index (χ4n) is 5.08. The molecule has 2 bridgehead atoms. The van der Waals surface area contributed by atoms with Crippen molar-refractivity contribution in [2.45, 2.75) is 58.6 Å². The Kier molecular flexibility index (Phi) is 4.65. The highest BCUT2D eigenvalue weighted by molar-refractivity contribution is 5.88. The standard InChI is InChI=1S/C20H30N4O3/c1-6-11(2)14-13-10-24(18(26)27-19(3,4)5)8-7-20(13)12(9-21)16(22)15(14)17(25)23-20/h11,13-15H,6-8,10,22H2,1-5H3,(H,23,25)/t11?,13-,14+,15-,20-/m1/s1. The number of nitriles is 1. The van der Waals surface area contributed by atoms with Crippen molar-refractivity contribution in [1.82, 2.24) is 10.2 Å². The summed E-state index contributed by atoms with van der Waals surface area (Å²) in [6.45, 7) is 10.6. The van der Waals surface area contributed by atoms with Gasteiger partial charge in [-0.3, -0.25) is 4.79 Å². The Morgan fingerprint density at radius 1 is 1.52 bits per heavy atom. The number of hydrogen-bond acceptors (Lipinski definition) is 5.